The van der Waals surface area contributed by atoms with Gasteiger partial charge in [0, 0.05) is 12.6 Å². The first-order chi connectivity index (χ1) is 7.25. The fourth-order valence-electron chi connectivity index (χ4n) is 2.47. The van der Waals surface area contributed by atoms with E-state index in [2.05, 4.69) is 29.9 Å². The van der Waals surface area contributed by atoms with Crippen molar-refractivity contribution in [2.45, 2.75) is 45.1 Å². The van der Waals surface area contributed by atoms with E-state index in [4.69, 9.17) is 5.10 Å². The van der Waals surface area contributed by atoms with Gasteiger partial charge in [0.2, 0.25) is 0 Å². The zero-order valence-corrected chi connectivity index (χ0v) is 9.53. The number of hydrogen-bond acceptors (Lipinski definition) is 2. The molecule has 1 fully saturated rings. The molecule has 2 aliphatic rings. The minimum atomic E-state index is 0.532. The number of aromatic nitrogens is 2. The monoisotopic (exact) mass is 205 g/mol. The third-order valence-corrected chi connectivity index (χ3v) is 3.57. The van der Waals surface area contributed by atoms with Crippen molar-refractivity contribution in [2.75, 3.05) is 11.9 Å². The molecular formula is C12H19N3. The number of rotatable bonds is 2. The summed E-state index contributed by atoms with van der Waals surface area (Å²) < 4.78 is 2.25. The highest BCUT2D eigenvalue weighted by Gasteiger charge is 2.35. The lowest BCUT2D eigenvalue weighted by molar-refractivity contribution is 0.372. The standard InChI is InChI=1S/C12H19N3/c1-8(2)10-7-12-13-6-5-11(9-3-4-9)15(12)14-10/h7-9,11,13H,3-6H2,1-2H3. The van der Waals surface area contributed by atoms with Gasteiger partial charge in [-0.1, -0.05) is 13.8 Å². The molecule has 1 aliphatic carbocycles. The van der Waals surface area contributed by atoms with Crippen LogP contribution in [0.1, 0.15) is 50.8 Å². The minimum absolute atomic E-state index is 0.532. The van der Waals surface area contributed by atoms with Gasteiger partial charge in [-0.15, -0.1) is 0 Å². The van der Waals surface area contributed by atoms with Gasteiger partial charge in [-0.3, -0.25) is 0 Å². The molecule has 1 aromatic heterocycles. The van der Waals surface area contributed by atoms with E-state index >= 15 is 0 Å². The Morgan fingerprint density at radius 3 is 2.87 bits per heavy atom. The molecule has 3 nitrogen and oxygen atoms in total. The molecule has 1 N–H and O–H groups in total. The molecule has 0 saturated heterocycles. The third kappa shape index (κ3) is 1.54. The van der Waals surface area contributed by atoms with Crippen molar-refractivity contribution in [3.63, 3.8) is 0 Å². The van der Waals surface area contributed by atoms with Crippen molar-refractivity contribution in [3.8, 4) is 0 Å². The van der Waals surface area contributed by atoms with Gasteiger partial charge in [0.05, 0.1) is 11.7 Å². The summed E-state index contributed by atoms with van der Waals surface area (Å²) in [7, 11) is 0. The zero-order chi connectivity index (χ0) is 10.4. The van der Waals surface area contributed by atoms with Crippen LogP contribution in [0.3, 0.4) is 0 Å². The predicted molar refractivity (Wildman–Crippen MR) is 61.2 cm³/mol. The molecule has 0 spiro atoms. The summed E-state index contributed by atoms with van der Waals surface area (Å²) in [5.41, 5.74) is 1.23. The molecule has 1 saturated carbocycles. The van der Waals surface area contributed by atoms with Gasteiger partial charge in [0.25, 0.3) is 0 Å². The van der Waals surface area contributed by atoms with Gasteiger partial charge in [-0.2, -0.15) is 5.10 Å². The van der Waals surface area contributed by atoms with E-state index in [1.54, 1.807) is 0 Å². The first-order valence-electron chi connectivity index (χ1n) is 6.09. The van der Waals surface area contributed by atoms with Gasteiger partial charge < -0.3 is 5.32 Å². The van der Waals surface area contributed by atoms with Crippen molar-refractivity contribution in [3.05, 3.63) is 11.8 Å². The normalized spacial score (nSPS) is 25.1. The fraction of sp³-hybridized carbons (Fsp3) is 0.750. The Morgan fingerprint density at radius 1 is 1.40 bits per heavy atom. The average Bonchev–Trinajstić information content (AvgIpc) is 2.95. The zero-order valence-electron chi connectivity index (χ0n) is 9.53. The summed E-state index contributed by atoms with van der Waals surface area (Å²) in [6.45, 7) is 5.53. The molecule has 3 heteroatoms. The lowest BCUT2D eigenvalue weighted by Crippen LogP contribution is -2.24. The summed E-state index contributed by atoms with van der Waals surface area (Å²) in [6, 6.07) is 2.90. The van der Waals surface area contributed by atoms with Gasteiger partial charge in [-0.05, 0) is 31.1 Å². The van der Waals surface area contributed by atoms with Crippen LogP contribution >= 0.6 is 0 Å². The Hall–Kier alpha value is -0.990. The number of fused-ring (bicyclic) bond motifs is 1. The minimum Gasteiger partial charge on any atom is -0.370 e. The van der Waals surface area contributed by atoms with Crippen LogP contribution in [0.2, 0.25) is 0 Å². The SMILES string of the molecule is CC(C)c1cc2n(n1)C(C1CC1)CCN2. The Balaban J connectivity index is 1.95. The summed E-state index contributed by atoms with van der Waals surface area (Å²) in [5.74, 6) is 2.68. The molecule has 82 valence electrons. The summed E-state index contributed by atoms with van der Waals surface area (Å²) in [4.78, 5) is 0. The Kier molecular flexibility index (Phi) is 2.01. The second-order valence-corrected chi connectivity index (χ2v) is 5.17. The maximum absolute atomic E-state index is 4.75. The second kappa shape index (κ2) is 3.26. The Labute approximate surface area is 90.9 Å². The van der Waals surface area contributed by atoms with E-state index in [-0.39, 0.29) is 0 Å². The molecule has 2 heterocycles. The van der Waals surface area contributed by atoms with E-state index < -0.39 is 0 Å². The molecular weight excluding hydrogens is 186 g/mol. The van der Waals surface area contributed by atoms with Crippen LogP contribution in [0.5, 0.6) is 0 Å². The van der Waals surface area contributed by atoms with Crippen LogP contribution in [0.4, 0.5) is 5.82 Å². The first-order valence-corrected chi connectivity index (χ1v) is 6.09. The Bertz CT molecular complexity index is 363. The largest absolute Gasteiger partial charge is 0.370 e. The van der Waals surface area contributed by atoms with E-state index in [0.717, 1.165) is 12.5 Å². The fourth-order valence-corrected chi connectivity index (χ4v) is 2.47. The van der Waals surface area contributed by atoms with Gasteiger partial charge in [-0.25, -0.2) is 4.68 Å². The van der Waals surface area contributed by atoms with Crippen molar-refractivity contribution in [2.24, 2.45) is 5.92 Å². The van der Waals surface area contributed by atoms with Crippen LogP contribution in [-0.4, -0.2) is 16.3 Å². The average molecular weight is 205 g/mol. The van der Waals surface area contributed by atoms with Crippen LogP contribution in [0.25, 0.3) is 0 Å². The summed E-state index contributed by atoms with van der Waals surface area (Å²) in [5, 5.41) is 8.20. The van der Waals surface area contributed by atoms with E-state index in [0.29, 0.717) is 12.0 Å². The topological polar surface area (TPSA) is 29.9 Å². The summed E-state index contributed by atoms with van der Waals surface area (Å²) in [6.07, 6.45) is 4.05. The number of hydrogen-bond donors (Lipinski definition) is 1. The third-order valence-electron chi connectivity index (χ3n) is 3.57. The van der Waals surface area contributed by atoms with E-state index in [9.17, 15) is 0 Å². The smallest absolute Gasteiger partial charge is 0.124 e. The summed E-state index contributed by atoms with van der Waals surface area (Å²) >= 11 is 0. The molecule has 0 aromatic carbocycles. The van der Waals surface area contributed by atoms with E-state index in [1.165, 1.54) is 30.8 Å². The van der Waals surface area contributed by atoms with Crippen LogP contribution < -0.4 is 5.32 Å². The molecule has 0 radical (unpaired) electrons. The van der Waals surface area contributed by atoms with E-state index in [1.807, 2.05) is 0 Å². The maximum Gasteiger partial charge on any atom is 0.124 e. The lowest BCUT2D eigenvalue weighted by Gasteiger charge is -2.25. The van der Waals surface area contributed by atoms with Crippen LogP contribution in [-0.2, 0) is 0 Å². The number of nitrogens with one attached hydrogen (secondary N) is 1. The second-order valence-electron chi connectivity index (χ2n) is 5.17. The quantitative estimate of drug-likeness (QED) is 0.804. The molecule has 1 aromatic rings. The molecule has 1 unspecified atom stereocenters. The predicted octanol–water partition coefficient (Wildman–Crippen LogP) is 2.77. The molecule has 15 heavy (non-hydrogen) atoms. The van der Waals surface area contributed by atoms with Crippen molar-refractivity contribution >= 4 is 5.82 Å². The van der Waals surface area contributed by atoms with Crippen LogP contribution in [0, 0.1) is 5.92 Å². The maximum atomic E-state index is 4.75. The highest BCUT2D eigenvalue weighted by atomic mass is 15.4. The lowest BCUT2D eigenvalue weighted by atomic mass is 10.1. The molecule has 1 atom stereocenters. The van der Waals surface area contributed by atoms with Gasteiger partial charge >= 0.3 is 0 Å². The van der Waals surface area contributed by atoms with Crippen LogP contribution in [0.15, 0.2) is 6.07 Å². The Morgan fingerprint density at radius 2 is 2.20 bits per heavy atom. The molecule has 1 aliphatic heterocycles. The van der Waals surface area contributed by atoms with Crippen molar-refractivity contribution < 1.29 is 0 Å². The number of anilines is 1. The van der Waals surface area contributed by atoms with Gasteiger partial charge in [0.1, 0.15) is 5.82 Å². The van der Waals surface area contributed by atoms with Gasteiger partial charge in [0.15, 0.2) is 0 Å². The van der Waals surface area contributed by atoms with Crippen molar-refractivity contribution in [1.29, 1.82) is 0 Å². The number of nitrogens with zero attached hydrogens (tertiary/aromatic N) is 2. The molecule has 0 bridgehead atoms. The molecule has 3 rings (SSSR count). The highest BCUT2D eigenvalue weighted by molar-refractivity contribution is 5.40. The highest BCUT2D eigenvalue weighted by Crippen LogP contribution is 2.44. The molecule has 0 amide bonds. The first kappa shape index (κ1) is 9.25. The van der Waals surface area contributed by atoms with Crippen molar-refractivity contribution in [1.82, 2.24) is 9.78 Å².